The third kappa shape index (κ3) is 5.28. The molecule has 0 radical (unpaired) electrons. The predicted molar refractivity (Wildman–Crippen MR) is 122 cm³/mol. The first kappa shape index (κ1) is 23.1. The van der Waals surface area contributed by atoms with E-state index >= 15 is 0 Å². The molecular weight excluding hydrogens is 445 g/mol. The maximum Gasteiger partial charge on any atom is 0.416 e. The van der Waals surface area contributed by atoms with Gasteiger partial charge in [0.15, 0.2) is 5.76 Å². The summed E-state index contributed by atoms with van der Waals surface area (Å²) in [7, 11) is 1.47. The van der Waals surface area contributed by atoms with Gasteiger partial charge in [-0.25, -0.2) is 0 Å². The lowest BCUT2D eigenvalue weighted by Gasteiger charge is -2.20. The van der Waals surface area contributed by atoms with Gasteiger partial charge < -0.3 is 14.6 Å². The van der Waals surface area contributed by atoms with E-state index in [0.29, 0.717) is 16.8 Å². The Morgan fingerprint density at radius 2 is 1.62 bits per heavy atom. The van der Waals surface area contributed by atoms with E-state index in [-0.39, 0.29) is 30.2 Å². The maximum absolute atomic E-state index is 13.2. The van der Waals surface area contributed by atoms with E-state index in [1.54, 1.807) is 36.4 Å². The van der Waals surface area contributed by atoms with E-state index in [0.717, 1.165) is 11.5 Å². The number of nitrogens with one attached hydrogen (secondary N) is 1. The number of halogens is 3. The van der Waals surface area contributed by atoms with Crippen LogP contribution >= 0.6 is 0 Å². The number of nitrogens with zero attached hydrogens (tertiary/aromatic N) is 1. The molecule has 0 aliphatic heterocycles. The minimum absolute atomic E-state index is 0.0164. The number of fused-ring (bicyclic) bond motifs is 1. The number of furan rings is 1. The highest BCUT2D eigenvalue weighted by atomic mass is 19.4. The van der Waals surface area contributed by atoms with Gasteiger partial charge in [0.05, 0.1) is 12.0 Å². The molecular formula is C26H21F3N2O3. The van der Waals surface area contributed by atoms with Crippen molar-refractivity contribution < 1.29 is 27.2 Å². The predicted octanol–water partition coefficient (Wildman–Crippen LogP) is 5.91. The van der Waals surface area contributed by atoms with Crippen LogP contribution in [0.4, 0.5) is 18.9 Å². The fourth-order valence-corrected chi connectivity index (χ4v) is 3.58. The van der Waals surface area contributed by atoms with E-state index in [9.17, 15) is 22.8 Å². The van der Waals surface area contributed by atoms with Crippen LogP contribution in [0.2, 0.25) is 0 Å². The smallest absolute Gasteiger partial charge is 0.416 e. The van der Waals surface area contributed by atoms with Crippen molar-refractivity contribution in [3.05, 3.63) is 101 Å². The van der Waals surface area contributed by atoms with Crippen LogP contribution in [0.3, 0.4) is 0 Å². The zero-order valence-electron chi connectivity index (χ0n) is 18.2. The zero-order chi connectivity index (χ0) is 24.3. The van der Waals surface area contributed by atoms with E-state index < -0.39 is 17.6 Å². The number of alkyl halides is 3. The number of likely N-dealkylation sites (N-methyl/N-ethyl adjacent to an activating group) is 1. The van der Waals surface area contributed by atoms with Gasteiger partial charge in [-0.05, 0) is 41.5 Å². The normalized spacial score (nSPS) is 11.4. The van der Waals surface area contributed by atoms with Crippen LogP contribution < -0.4 is 5.32 Å². The number of hydrogen-bond acceptors (Lipinski definition) is 3. The number of carbonyl (C=O) groups excluding carboxylic acids is 2. The molecule has 1 heterocycles. The minimum Gasteiger partial charge on any atom is -0.451 e. The van der Waals surface area contributed by atoms with Gasteiger partial charge in [0.1, 0.15) is 5.58 Å². The first-order chi connectivity index (χ1) is 16.2. The van der Waals surface area contributed by atoms with Crippen molar-refractivity contribution in [1.29, 1.82) is 0 Å². The molecule has 1 aromatic heterocycles. The molecule has 1 N–H and O–H groups in total. The molecule has 3 aromatic carbocycles. The first-order valence-electron chi connectivity index (χ1n) is 10.5. The van der Waals surface area contributed by atoms with Crippen molar-refractivity contribution in [3.63, 3.8) is 0 Å². The highest BCUT2D eigenvalue weighted by Gasteiger charge is 2.33. The van der Waals surface area contributed by atoms with Crippen molar-refractivity contribution in [2.24, 2.45) is 0 Å². The zero-order valence-corrected chi connectivity index (χ0v) is 18.2. The molecule has 34 heavy (non-hydrogen) atoms. The van der Waals surface area contributed by atoms with Crippen LogP contribution in [0.25, 0.3) is 11.0 Å². The Hall–Kier alpha value is -4.07. The molecule has 4 rings (SSSR count). The second-order valence-corrected chi connectivity index (χ2v) is 7.88. The van der Waals surface area contributed by atoms with Gasteiger partial charge in [-0.3, -0.25) is 9.59 Å². The lowest BCUT2D eigenvalue weighted by atomic mass is 10.1. The summed E-state index contributed by atoms with van der Waals surface area (Å²) in [5.41, 5.74) is 1.09. The Morgan fingerprint density at radius 3 is 2.32 bits per heavy atom. The first-order valence-corrected chi connectivity index (χ1v) is 10.5. The number of para-hydroxylation sites is 1. The molecule has 0 saturated carbocycles. The summed E-state index contributed by atoms with van der Waals surface area (Å²) < 4.78 is 45.1. The summed E-state index contributed by atoms with van der Waals surface area (Å²) in [5, 5.41) is 3.56. The third-order valence-electron chi connectivity index (χ3n) is 5.37. The Labute approximate surface area is 193 Å². The Balaban J connectivity index is 1.37. The molecule has 0 spiro atoms. The lowest BCUT2D eigenvalue weighted by Crippen LogP contribution is -2.28. The maximum atomic E-state index is 13.2. The number of amides is 2. The number of anilines is 1. The summed E-state index contributed by atoms with van der Waals surface area (Å²) in [4.78, 5) is 26.3. The molecule has 8 heteroatoms. The van der Waals surface area contributed by atoms with Gasteiger partial charge in [0, 0.05) is 24.7 Å². The fourth-order valence-electron chi connectivity index (χ4n) is 3.58. The minimum atomic E-state index is -4.48. The van der Waals surface area contributed by atoms with Crippen molar-refractivity contribution in [3.8, 4) is 0 Å². The molecule has 0 fully saturated rings. The summed E-state index contributed by atoms with van der Waals surface area (Å²) in [6.07, 6.45) is -4.47. The Kier molecular flexibility index (Phi) is 6.40. The molecule has 0 unspecified atom stereocenters. The van der Waals surface area contributed by atoms with Crippen LogP contribution in [0.5, 0.6) is 0 Å². The van der Waals surface area contributed by atoms with Gasteiger partial charge in [0.2, 0.25) is 5.91 Å². The van der Waals surface area contributed by atoms with Gasteiger partial charge >= 0.3 is 6.18 Å². The number of carbonyl (C=O) groups is 2. The molecule has 4 aromatic rings. The highest BCUT2D eigenvalue weighted by molar-refractivity contribution is 6.04. The molecule has 0 aliphatic rings. The fraction of sp³-hybridized carbons (Fsp3) is 0.154. The number of benzene rings is 3. The van der Waals surface area contributed by atoms with Gasteiger partial charge in [0.25, 0.3) is 5.91 Å². The SMILES string of the molecule is CN(Cc1ccccc1C(F)(F)F)C(=O)Cc1ccc(NC(=O)c2cc3ccccc3o2)cc1. The second kappa shape index (κ2) is 9.43. The average molecular weight is 466 g/mol. The van der Waals surface area contributed by atoms with Gasteiger partial charge in [-0.15, -0.1) is 0 Å². The van der Waals surface area contributed by atoms with Crippen molar-refractivity contribution in [1.82, 2.24) is 4.90 Å². The van der Waals surface area contributed by atoms with E-state index in [4.69, 9.17) is 4.42 Å². The second-order valence-electron chi connectivity index (χ2n) is 7.88. The van der Waals surface area contributed by atoms with Crippen molar-refractivity contribution >= 4 is 28.5 Å². The van der Waals surface area contributed by atoms with Gasteiger partial charge in [-0.1, -0.05) is 48.5 Å². The van der Waals surface area contributed by atoms with Crippen LogP contribution in [-0.4, -0.2) is 23.8 Å². The average Bonchev–Trinajstić information content (AvgIpc) is 3.24. The highest BCUT2D eigenvalue weighted by Crippen LogP contribution is 2.32. The molecule has 0 atom stereocenters. The topological polar surface area (TPSA) is 62.6 Å². The summed E-state index contributed by atoms with van der Waals surface area (Å²) in [5.74, 6) is -0.541. The number of rotatable bonds is 6. The van der Waals surface area contributed by atoms with Crippen LogP contribution in [0.15, 0.2) is 83.3 Å². The quantitative estimate of drug-likeness (QED) is 0.385. The third-order valence-corrected chi connectivity index (χ3v) is 5.37. The number of hydrogen-bond donors (Lipinski definition) is 1. The summed E-state index contributed by atoms with van der Waals surface area (Å²) >= 11 is 0. The summed E-state index contributed by atoms with van der Waals surface area (Å²) in [6, 6.07) is 20.8. The van der Waals surface area contributed by atoms with E-state index in [1.165, 1.54) is 30.1 Å². The molecule has 5 nitrogen and oxygen atoms in total. The van der Waals surface area contributed by atoms with E-state index in [2.05, 4.69) is 5.32 Å². The summed E-state index contributed by atoms with van der Waals surface area (Å²) in [6.45, 7) is -0.153. The van der Waals surface area contributed by atoms with Crippen molar-refractivity contribution in [2.45, 2.75) is 19.1 Å². The Morgan fingerprint density at radius 1 is 0.941 bits per heavy atom. The molecule has 2 amide bonds. The van der Waals surface area contributed by atoms with Crippen LogP contribution in [-0.2, 0) is 23.9 Å². The monoisotopic (exact) mass is 466 g/mol. The Bertz CT molecular complexity index is 1290. The van der Waals surface area contributed by atoms with Gasteiger partial charge in [-0.2, -0.15) is 13.2 Å². The molecule has 0 aliphatic carbocycles. The standard InChI is InChI=1S/C26H21F3N2O3/c1-31(16-19-7-2-4-8-21(19)26(27,28)29)24(32)14-17-10-12-20(13-11-17)30-25(33)23-15-18-6-3-5-9-22(18)34-23/h2-13,15H,14,16H2,1H3,(H,30,33). The van der Waals surface area contributed by atoms with E-state index in [1.807, 2.05) is 18.2 Å². The molecule has 174 valence electrons. The molecule has 0 saturated heterocycles. The molecule has 0 bridgehead atoms. The largest absolute Gasteiger partial charge is 0.451 e. The lowest BCUT2D eigenvalue weighted by molar-refractivity contribution is -0.139. The van der Waals surface area contributed by atoms with Crippen molar-refractivity contribution in [2.75, 3.05) is 12.4 Å². The van der Waals surface area contributed by atoms with Crippen LogP contribution in [0, 0.1) is 0 Å². The van der Waals surface area contributed by atoms with Crippen LogP contribution in [0.1, 0.15) is 27.2 Å².